The Kier molecular flexibility index (Phi) is 4.36. The van der Waals surface area contributed by atoms with E-state index in [-0.39, 0.29) is 11.8 Å². The van der Waals surface area contributed by atoms with E-state index in [4.69, 9.17) is 16.3 Å². The van der Waals surface area contributed by atoms with Gasteiger partial charge in [-0.3, -0.25) is 9.59 Å². The van der Waals surface area contributed by atoms with Crippen LogP contribution in [0.5, 0.6) is 5.88 Å². The van der Waals surface area contributed by atoms with E-state index in [1.54, 1.807) is 29.6 Å². The Morgan fingerprint density at radius 2 is 2.10 bits per heavy atom. The third-order valence-electron chi connectivity index (χ3n) is 2.27. The fourth-order valence-electron chi connectivity index (χ4n) is 1.54. The van der Waals surface area contributed by atoms with Crippen molar-refractivity contribution in [2.24, 2.45) is 4.99 Å². The fourth-order valence-corrected chi connectivity index (χ4v) is 2.57. The second-order valence-corrected chi connectivity index (χ2v) is 5.17. The summed E-state index contributed by atoms with van der Waals surface area (Å²) in [6.07, 6.45) is 0. The Balaban J connectivity index is 2.54. The lowest BCUT2D eigenvalue weighted by Crippen LogP contribution is -2.22. The van der Waals surface area contributed by atoms with Crippen molar-refractivity contribution in [2.45, 2.75) is 13.8 Å². The Morgan fingerprint density at radius 1 is 1.35 bits per heavy atom. The molecule has 0 saturated heterocycles. The maximum Gasteiger partial charge on any atom is 0.309 e. The third-order valence-corrected chi connectivity index (χ3v) is 3.31. The zero-order valence-electron chi connectivity index (χ0n) is 10.8. The number of benzene rings is 1. The van der Waals surface area contributed by atoms with Gasteiger partial charge in [-0.25, -0.2) is 9.56 Å². The van der Waals surface area contributed by atoms with Gasteiger partial charge in [0.05, 0.1) is 11.1 Å². The van der Waals surface area contributed by atoms with Crippen molar-refractivity contribution in [3.8, 4) is 5.88 Å². The van der Waals surface area contributed by atoms with Gasteiger partial charge in [0.15, 0.2) is 4.80 Å². The van der Waals surface area contributed by atoms with E-state index in [9.17, 15) is 9.59 Å². The molecule has 0 atom stereocenters. The molecular formula is C13H11ClN2O3S. The van der Waals surface area contributed by atoms with Crippen LogP contribution < -0.4 is 9.54 Å². The third kappa shape index (κ3) is 3.34. The first-order chi connectivity index (χ1) is 9.47. The first-order valence-electron chi connectivity index (χ1n) is 5.67. The maximum absolute atomic E-state index is 11.7. The van der Waals surface area contributed by atoms with Gasteiger partial charge in [-0.2, -0.15) is 0 Å². The molecule has 104 valence electrons. The van der Waals surface area contributed by atoms with Gasteiger partial charge in [-0.15, -0.1) is 11.3 Å². The zero-order chi connectivity index (χ0) is 14.7. The normalized spacial score (nSPS) is 11.4. The van der Waals surface area contributed by atoms with E-state index in [2.05, 4.69) is 4.99 Å². The van der Waals surface area contributed by atoms with Crippen LogP contribution >= 0.6 is 22.9 Å². The smallest absolute Gasteiger partial charge is 0.309 e. The molecule has 1 aromatic carbocycles. The number of rotatable bonds is 2. The number of esters is 1. The van der Waals surface area contributed by atoms with E-state index in [1.807, 2.05) is 0 Å². The summed E-state index contributed by atoms with van der Waals surface area (Å²) in [6.45, 7) is 2.65. The molecule has 2 rings (SSSR count). The van der Waals surface area contributed by atoms with Crippen molar-refractivity contribution < 1.29 is 14.3 Å². The zero-order valence-corrected chi connectivity index (χ0v) is 12.4. The van der Waals surface area contributed by atoms with E-state index < -0.39 is 5.97 Å². The molecule has 0 bridgehead atoms. The van der Waals surface area contributed by atoms with Gasteiger partial charge in [0.2, 0.25) is 11.8 Å². The summed E-state index contributed by atoms with van der Waals surface area (Å²) in [4.78, 5) is 27.4. The minimum absolute atomic E-state index is 0.163. The number of aromatic nitrogens is 1. The van der Waals surface area contributed by atoms with Crippen LogP contribution in [0.25, 0.3) is 0 Å². The van der Waals surface area contributed by atoms with Crippen LogP contribution in [0.4, 0.5) is 5.69 Å². The lowest BCUT2D eigenvalue weighted by atomic mass is 10.3. The number of halogens is 1. The number of nitrogens with zero attached hydrogens (tertiary/aromatic N) is 2. The summed E-state index contributed by atoms with van der Waals surface area (Å²) in [7, 11) is 0. The highest BCUT2D eigenvalue weighted by Crippen LogP contribution is 2.18. The van der Waals surface area contributed by atoms with Crippen molar-refractivity contribution in [2.75, 3.05) is 0 Å². The molecule has 2 aromatic rings. The van der Waals surface area contributed by atoms with Crippen LogP contribution in [0.2, 0.25) is 5.02 Å². The Morgan fingerprint density at radius 3 is 2.70 bits per heavy atom. The highest BCUT2D eigenvalue weighted by molar-refractivity contribution is 7.07. The van der Waals surface area contributed by atoms with Crippen molar-refractivity contribution in [1.82, 2.24) is 4.57 Å². The summed E-state index contributed by atoms with van der Waals surface area (Å²) in [5.41, 5.74) is 0.615. The second-order valence-electron chi connectivity index (χ2n) is 3.90. The molecule has 0 fully saturated rings. The number of hydrogen-bond donors (Lipinski definition) is 0. The molecule has 7 heteroatoms. The first-order valence-corrected chi connectivity index (χ1v) is 6.93. The van der Waals surface area contributed by atoms with Crippen LogP contribution in [0.1, 0.15) is 18.6 Å². The second kappa shape index (κ2) is 6.02. The monoisotopic (exact) mass is 310 g/mol. The SMILES string of the molecule is CC(=O)Oc1csc(=Nc2cccc(Cl)c2)n1C(C)=O. The van der Waals surface area contributed by atoms with Gasteiger partial charge >= 0.3 is 5.97 Å². The van der Waals surface area contributed by atoms with Crippen molar-refractivity contribution in [1.29, 1.82) is 0 Å². The van der Waals surface area contributed by atoms with Gasteiger partial charge in [0, 0.05) is 18.9 Å². The predicted octanol–water partition coefficient (Wildman–Crippen LogP) is 3.02. The van der Waals surface area contributed by atoms with Gasteiger partial charge in [-0.05, 0) is 18.2 Å². The molecule has 0 radical (unpaired) electrons. The molecule has 0 aliphatic rings. The lowest BCUT2D eigenvalue weighted by molar-refractivity contribution is -0.132. The highest BCUT2D eigenvalue weighted by atomic mass is 35.5. The Labute approximate surface area is 124 Å². The van der Waals surface area contributed by atoms with E-state index in [1.165, 1.54) is 29.8 Å². The molecular weight excluding hydrogens is 300 g/mol. The predicted molar refractivity (Wildman–Crippen MR) is 76.6 cm³/mol. The number of hydrogen-bond acceptors (Lipinski definition) is 5. The van der Waals surface area contributed by atoms with Crippen molar-refractivity contribution >= 4 is 40.5 Å². The molecule has 5 nitrogen and oxygen atoms in total. The van der Waals surface area contributed by atoms with Gasteiger partial charge in [0.1, 0.15) is 0 Å². The number of carbonyl (C=O) groups excluding carboxylic acids is 2. The number of thiazole rings is 1. The number of carbonyl (C=O) groups is 2. The van der Waals surface area contributed by atoms with Crippen LogP contribution in [0.15, 0.2) is 34.6 Å². The van der Waals surface area contributed by atoms with E-state index >= 15 is 0 Å². The molecule has 0 N–H and O–H groups in total. The minimum Gasteiger partial charge on any atom is -0.408 e. The molecule has 1 aromatic heterocycles. The minimum atomic E-state index is -0.493. The summed E-state index contributed by atoms with van der Waals surface area (Å²) < 4.78 is 6.22. The summed E-state index contributed by atoms with van der Waals surface area (Å²) in [5, 5.41) is 2.11. The van der Waals surface area contributed by atoms with Crippen molar-refractivity contribution in [3.63, 3.8) is 0 Å². The summed E-state index contributed by atoms with van der Waals surface area (Å²) >= 11 is 7.09. The molecule has 0 aliphatic carbocycles. The van der Waals surface area contributed by atoms with Crippen LogP contribution in [0, 0.1) is 0 Å². The van der Waals surface area contributed by atoms with Gasteiger partial charge < -0.3 is 4.74 Å². The van der Waals surface area contributed by atoms with Gasteiger partial charge in [0.25, 0.3) is 0 Å². The Bertz CT molecular complexity index is 733. The molecule has 0 spiro atoms. The average molecular weight is 311 g/mol. The first kappa shape index (κ1) is 14.5. The quantitative estimate of drug-likeness (QED) is 0.801. The van der Waals surface area contributed by atoms with Gasteiger partial charge in [-0.1, -0.05) is 17.7 Å². The fraction of sp³-hybridized carbons (Fsp3) is 0.154. The van der Waals surface area contributed by atoms with Crippen LogP contribution in [0.3, 0.4) is 0 Å². The van der Waals surface area contributed by atoms with E-state index in [0.717, 1.165) is 0 Å². The standard InChI is InChI=1S/C13H11ClN2O3S/c1-8(17)16-12(19-9(2)18)7-20-13(16)15-11-5-3-4-10(14)6-11/h3-7H,1-2H3. The summed E-state index contributed by atoms with van der Waals surface area (Å²) in [6, 6.07) is 6.94. The maximum atomic E-state index is 11.7. The molecule has 0 unspecified atom stereocenters. The molecule has 1 heterocycles. The van der Waals surface area contributed by atoms with Crippen molar-refractivity contribution in [3.05, 3.63) is 39.5 Å². The van der Waals surface area contributed by atoms with Crippen LogP contribution in [-0.4, -0.2) is 16.4 Å². The summed E-state index contributed by atoms with van der Waals surface area (Å²) in [5.74, 6) is -0.619. The van der Waals surface area contributed by atoms with E-state index in [0.29, 0.717) is 15.5 Å². The highest BCUT2D eigenvalue weighted by Gasteiger charge is 2.12. The Hall–Kier alpha value is -1.92. The van der Waals surface area contributed by atoms with Crippen LogP contribution in [-0.2, 0) is 4.79 Å². The average Bonchev–Trinajstić information content (AvgIpc) is 2.71. The molecule has 0 amide bonds. The lowest BCUT2D eigenvalue weighted by Gasteiger charge is -2.03. The molecule has 0 saturated carbocycles. The topological polar surface area (TPSA) is 60.7 Å². The number of ether oxygens (including phenoxy) is 1. The largest absolute Gasteiger partial charge is 0.408 e. The molecule has 20 heavy (non-hydrogen) atoms. The molecule has 0 aliphatic heterocycles.